The highest BCUT2D eigenvalue weighted by atomic mass is 32.1. The molecule has 0 radical (unpaired) electrons. The summed E-state index contributed by atoms with van der Waals surface area (Å²) in [7, 11) is 4.26. The number of esters is 2. The van der Waals surface area contributed by atoms with Gasteiger partial charge in [-0.1, -0.05) is 36.4 Å². The average Bonchev–Trinajstić information content (AvgIpc) is 4.29. The first kappa shape index (κ1) is 54.7. The highest BCUT2D eigenvalue weighted by molar-refractivity contribution is 7.17. The van der Waals surface area contributed by atoms with Crippen LogP contribution in [0.2, 0.25) is 0 Å². The second-order valence-electron chi connectivity index (χ2n) is 19.0. The van der Waals surface area contributed by atoms with E-state index in [1.165, 1.54) is 56.3 Å². The van der Waals surface area contributed by atoms with Crippen LogP contribution in [0.4, 0.5) is 0 Å². The second kappa shape index (κ2) is 23.8. The molecule has 8 aromatic rings. The Balaban J connectivity index is 1.10. The number of hydrogen-bond acceptors (Lipinski definition) is 18. The third-order valence-electron chi connectivity index (χ3n) is 14.2. The zero-order chi connectivity index (χ0) is 55.5. The minimum Gasteiger partial charge on any atom is -0.496 e. The first-order valence-corrected chi connectivity index (χ1v) is 27.6. The number of fused-ring (bicyclic) bond motifs is 2. The van der Waals surface area contributed by atoms with Gasteiger partial charge in [-0.25, -0.2) is 28.3 Å². The number of carbonyl (C=O) groups excluding carboxylic acids is 2. The van der Waals surface area contributed by atoms with Crippen LogP contribution in [0.25, 0.3) is 43.2 Å². The second-order valence-corrected chi connectivity index (χ2v) is 20.7. The maximum Gasteiger partial charge on any atom is 0.340 e. The molecule has 20 nitrogen and oxygen atoms in total. The first-order valence-electron chi connectivity index (χ1n) is 25.8. The Hall–Kier alpha value is -7.60. The summed E-state index contributed by atoms with van der Waals surface area (Å²) in [4.78, 5) is 97.8. The van der Waals surface area contributed by atoms with Crippen molar-refractivity contribution in [1.82, 2.24) is 28.2 Å². The van der Waals surface area contributed by atoms with Gasteiger partial charge in [-0.05, 0) is 92.6 Å². The van der Waals surface area contributed by atoms with Crippen molar-refractivity contribution >= 4 is 55.0 Å². The molecule has 0 N–H and O–H groups in total. The van der Waals surface area contributed by atoms with Crippen molar-refractivity contribution in [2.45, 2.75) is 84.0 Å². The fraction of sp³-hybridized carbons (Fsp3) is 0.368. The van der Waals surface area contributed by atoms with Gasteiger partial charge in [-0.2, -0.15) is 0 Å². The van der Waals surface area contributed by atoms with Crippen LogP contribution in [0.5, 0.6) is 11.5 Å². The highest BCUT2D eigenvalue weighted by Gasteiger charge is 2.31. The number of para-hydroxylation sites is 2. The number of rotatable bonds is 18. The lowest BCUT2D eigenvalue weighted by Gasteiger charge is -2.29. The molecule has 2 aliphatic rings. The van der Waals surface area contributed by atoms with Gasteiger partial charge in [-0.15, -0.1) is 22.7 Å². The van der Waals surface area contributed by atoms with Crippen LogP contribution in [0.15, 0.2) is 103 Å². The van der Waals surface area contributed by atoms with Crippen LogP contribution in [-0.2, 0) is 41.5 Å². The number of nitrogens with zero attached hydrogens (tertiary/aromatic N) is 6. The Bertz CT molecular complexity index is 3850. The highest BCUT2D eigenvalue weighted by Crippen LogP contribution is 2.36. The molecule has 412 valence electrons. The molecule has 0 spiro atoms. The number of hydrogen-bond donors (Lipinski definition) is 0. The zero-order valence-corrected chi connectivity index (χ0v) is 46.0. The molecule has 2 atom stereocenters. The number of benzene rings is 2. The summed E-state index contributed by atoms with van der Waals surface area (Å²) in [6.45, 7) is 7.07. The third-order valence-corrected chi connectivity index (χ3v) is 16.4. The third kappa shape index (κ3) is 10.7. The van der Waals surface area contributed by atoms with Crippen molar-refractivity contribution in [2.75, 3.05) is 54.4 Å². The molecule has 79 heavy (non-hydrogen) atoms. The smallest absolute Gasteiger partial charge is 0.340 e. The minimum absolute atomic E-state index is 0.0260. The summed E-state index contributed by atoms with van der Waals surface area (Å²) in [6.07, 6.45) is 3.20. The normalized spacial score (nSPS) is 15.1. The van der Waals surface area contributed by atoms with E-state index in [4.69, 9.17) is 37.9 Å². The van der Waals surface area contributed by atoms with Crippen LogP contribution in [0.3, 0.4) is 0 Å². The number of aromatic nitrogens is 6. The predicted octanol–water partition coefficient (Wildman–Crippen LogP) is 7.67. The monoisotopic (exact) mass is 1110 g/mol. The van der Waals surface area contributed by atoms with E-state index in [1.54, 1.807) is 45.8 Å². The van der Waals surface area contributed by atoms with Crippen LogP contribution in [-0.4, -0.2) is 107 Å². The molecular formula is C57H58N6O14S2. The average molecular weight is 1120 g/mol. The SMILES string of the molecule is CCOC(=O)c1cc(-n2c(=O)c3c(C)csc3n(C[C@H](OC3CCOCC3)c3ccccc3OC)c2=O)cnc1-c1ncc(-n2c(=O)c3c(C)csc3n(C[C@H](OC3CCOCC3)c3ccccc3OC)c2=O)cc1C(=O)OC. The maximum atomic E-state index is 15.1. The molecule has 2 fully saturated rings. The van der Waals surface area contributed by atoms with Crippen molar-refractivity contribution in [3.05, 3.63) is 159 Å². The Morgan fingerprint density at radius 3 is 1.46 bits per heavy atom. The van der Waals surface area contributed by atoms with E-state index in [0.717, 1.165) is 16.2 Å². The molecule has 22 heteroatoms. The number of pyridine rings is 2. The number of thiophene rings is 2. The van der Waals surface area contributed by atoms with Crippen LogP contribution < -0.4 is 32.0 Å². The molecule has 6 aromatic heterocycles. The van der Waals surface area contributed by atoms with Crippen LogP contribution in [0.1, 0.15) is 87.8 Å². The minimum atomic E-state index is -0.947. The summed E-state index contributed by atoms with van der Waals surface area (Å²) < 4.78 is 51.9. The van der Waals surface area contributed by atoms with Gasteiger partial charge in [0.15, 0.2) is 0 Å². The van der Waals surface area contributed by atoms with E-state index in [-0.39, 0.29) is 76.6 Å². The van der Waals surface area contributed by atoms with Gasteiger partial charge in [0, 0.05) is 37.6 Å². The van der Waals surface area contributed by atoms with E-state index < -0.39 is 46.6 Å². The van der Waals surface area contributed by atoms with Crippen LogP contribution in [0, 0.1) is 13.8 Å². The van der Waals surface area contributed by atoms with E-state index in [9.17, 15) is 19.2 Å². The molecule has 10 rings (SSSR count). The molecule has 2 aromatic carbocycles. The summed E-state index contributed by atoms with van der Waals surface area (Å²) in [6, 6.07) is 17.3. The number of carbonyl (C=O) groups is 2. The summed E-state index contributed by atoms with van der Waals surface area (Å²) in [5.74, 6) is -0.754. The molecular weight excluding hydrogens is 1060 g/mol. The van der Waals surface area contributed by atoms with Gasteiger partial charge in [0.25, 0.3) is 11.1 Å². The van der Waals surface area contributed by atoms with Gasteiger partial charge >= 0.3 is 23.3 Å². The van der Waals surface area contributed by atoms with Crippen LogP contribution >= 0.6 is 22.7 Å². The van der Waals surface area contributed by atoms with E-state index in [2.05, 4.69) is 9.97 Å². The Kier molecular flexibility index (Phi) is 16.5. The van der Waals surface area contributed by atoms with Crippen molar-refractivity contribution in [1.29, 1.82) is 0 Å². The fourth-order valence-electron chi connectivity index (χ4n) is 10.2. The predicted molar refractivity (Wildman–Crippen MR) is 296 cm³/mol. The maximum absolute atomic E-state index is 15.1. The number of ether oxygens (including phenoxy) is 8. The Morgan fingerprint density at radius 2 is 1.05 bits per heavy atom. The standard InChI is InChI=1S/C57H58N6O14S2/c1-7-75-55(67)41-25-35(63-51(65)47-33(3)31-79-53(47)61(57(63)69)29-45(77-37-18-22-74-23-19-37)39-13-9-11-15-43(39)71-5)27-59-49(41)48-40(54(66)72-6)24-34(26-58-48)62-50(64)46-32(2)30-78-52(46)60(56(62)68)28-44(76-36-16-20-73-21-17-36)38-12-8-10-14-42(38)70-4/h8-15,24-27,30-31,36-37,44-45H,7,16-23,28-29H2,1-6H3/t44-,45-/m0/s1. The molecule has 2 aliphatic heterocycles. The number of aryl methyl sites for hydroxylation is 2. The zero-order valence-electron chi connectivity index (χ0n) is 44.4. The van der Waals surface area contributed by atoms with E-state index in [0.29, 0.717) is 95.5 Å². The molecule has 0 amide bonds. The topological polar surface area (TPSA) is 222 Å². The largest absolute Gasteiger partial charge is 0.496 e. The van der Waals surface area contributed by atoms with Gasteiger partial charge in [-0.3, -0.25) is 28.7 Å². The molecule has 0 bridgehead atoms. The molecule has 2 saturated heterocycles. The Morgan fingerprint density at radius 1 is 0.633 bits per heavy atom. The van der Waals surface area contributed by atoms with Crippen molar-refractivity contribution in [3.8, 4) is 34.3 Å². The quantitative estimate of drug-likeness (QED) is 0.0752. The van der Waals surface area contributed by atoms with Gasteiger partial charge in [0.05, 0.1) is 98.9 Å². The van der Waals surface area contributed by atoms with Gasteiger partial charge in [0.2, 0.25) is 0 Å². The lowest BCUT2D eigenvalue weighted by molar-refractivity contribution is -0.0755. The van der Waals surface area contributed by atoms with Crippen molar-refractivity contribution in [3.63, 3.8) is 0 Å². The molecule has 0 saturated carbocycles. The first-order chi connectivity index (χ1) is 38.3. The van der Waals surface area contributed by atoms with Crippen molar-refractivity contribution < 1.29 is 47.5 Å². The van der Waals surface area contributed by atoms with Gasteiger partial charge in [0.1, 0.15) is 44.8 Å². The van der Waals surface area contributed by atoms with Crippen molar-refractivity contribution in [2.24, 2.45) is 0 Å². The lowest BCUT2D eigenvalue weighted by atomic mass is 10.0. The lowest BCUT2D eigenvalue weighted by Crippen LogP contribution is -2.40. The Labute approximate surface area is 460 Å². The summed E-state index contributed by atoms with van der Waals surface area (Å²) in [5.41, 5.74) is -1.26. The van der Waals surface area contributed by atoms with E-state index in [1.807, 2.05) is 48.5 Å². The van der Waals surface area contributed by atoms with Gasteiger partial charge < -0.3 is 37.9 Å². The summed E-state index contributed by atoms with van der Waals surface area (Å²) in [5, 5.41) is 4.13. The summed E-state index contributed by atoms with van der Waals surface area (Å²) >= 11 is 2.49. The molecule has 8 heterocycles. The van der Waals surface area contributed by atoms with E-state index >= 15 is 9.59 Å². The number of methoxy groups -OCH3 is 3. The fourth-order valence-corrected chi connectivity index (χ4v) is 12.3. The molecule has 0 aliphatic carbocycles. The molecule has 0 unspecified atom stereocenters.